The zero-order valence-electron chi connectivity index (χ0n) is 43.8. The molecule has 384 valence electrons. The van der Waals surface area contributed by atoms with Gasteiger partial charge in [-0.05, 0) is 185 Å². The van der Waals surface area contributed by atoms with Gasteiger partial charge in [-0.3, -0.25) is 14.4 Å². The summed E-state index contributed by atoms with van der Waals surface area (Å²) < 4.78 is 11.7. The Morgan fingerprint density at radius 3 is 1.48 bits per heavy atom. The highest BCUT2D eigenvalue weighted by atomic mass is 16.6. The summed E-state index contributed by atoms with van der Waals surface area (Å²) in [6, 6.07) is 12.3. The number of ether oxygens (including phenoxy) is 2. The number of esters is 1. The first-order valence-corrected chi connectivity index (χ1v) is 27.7. The minimum atomic E-state index is -0.428. The van der Waals surface area contributed by atoms with Gasteiger partial charge < -0.3 is 36.1 Å². The van der Waals surface area contributed by atoms with Crippen molar-refractivity contribution >= 4 is 23.9 Å². The SMILES string of the molecule is CCCCCNC(=O)[C@@]1(C)CCC[C@]2(C)c3cc(OC(=O)CCCNCCCCCCNCCCNC(=O)Oc4ccc5c(c4)[C@@]4(C)CCC[C@](C)(C(=O)NCCCCC)[C@@H]4CC5)ccc3CC[C@@H]12. The molecule has 4 aliphatic carbocycles. The van der Waals surface area contributed by atoms with Gasteiger partial charge in [0, 0.05) is 26.1 Å². The van der Waals surface area contributed by atoms with E-state index in [1.807, 2.05) is 12.1 Å². The fourth-order valence-electron chi connectivity index (χ4n) is 13.3. The molecule has 3 amide bonds. The molecule has 0 radical (unpaired) electrons. The summed E-state index contributed by atoms with van der Waals surface area (Å²) in [5.41, 5.74) is 4.09. The predicted octanol–water partition coefficient (Wildman–Crippen LogP) is 10.9. The van der Waals surface area contributed by atoms with E-state index >= 15 is 0 Å². The number of fused-ring (bicyclic) bond motifs is 6. The zero-order chi connectivity index (χ0) is 49.3. The molecule has 0 unspecified atom stereocenters. The Hall–Kier alpha value is -3.96. The second kappa shape index (κ2) is 25.9. The van der Waals surface area contributed by atoms with Crippen molar-refractivity contribution in [1.29, 1.82) is 0 Å². The molecule has 2 aromatic rings. The van der Waals surface area contributed by atoms with E-state index < -0.39 is 11.5 Å². The van der Waals surface area contributed by atoms with Gasteiger partial charge >= 0.3 is 12.1 Å². The van der Waals surface area contributed by atoms with Gasteiger partial charge in [-0.2, -0.15) is 0 Å². The highest BCUT2D eigenvalue weighted by Gasteiger charge is 2.56. The highest BCUT2D eigenvalue weighted by Crippen LogP contribution is 2.59. The van der Waals surface area contributed by atoms with Crippen LogP contribution in [-0.2, 0) is 38.1 Å². The van der Waals surface area contributed by atoms with Crippen LogP contribution in [0.4, 0.5) is 4.79 Å². The number of hydrogen-bond donors (Lipinski definition) is 5. The van der Waals surface area contributed by atoms with Crippen LogP contribution in [0.1, 0.15) is 199 Å². The molecular weight excluding hydrogens is 863 g/mol. The number of aryl methyl sites for hydroxylation is 2. The van der Waals surface area contributed by atoms with Gasteiger partial charge in [-0.1, -0.05) is 105 Å². The lowest BCUT2D eigenvalue weighted by Crippen LogP contribution is -2.55. The Bertz CT molecular complexity index is 1870. The smallest absolute Gasteiger partial charge is 0.412 e. The van der Waals surface area contributed by atoms with E-state index in [-0.39, 0.29) is 45.9 Å². The second-order valence-electron chi connectivity index (χ2n) is 22.3. The van der Waals surface area contributed by atoms with Crippen molar-refractivity contribution in [3.8, 4) is 11.5 Å². The van der Waals surface area contributed by atoms with Crippen molar-refractivity contribution in [2.75, 3.05) is 45.8 Å². The lowest BCUT2D eigenvalue weighted by atomic mass is 9.49. The first kappa shape index (κ1) is 54.4. The first-order chi connectivity index (χ1) is 33.3. The van der Waals surface area contributed by atoms with Crippen LogP contribution in [-0.4, -0.2) is 69.7 Å². The van der Waals surface area contributed by atoms with Crippen LogP contribution >= 0.6 is 0 Å². The normalized spacial score (nSPS) is 25.8. The molecule has 5 N–H and O–H groups in total. The molecule has 0 spiro atoms. The third-order valence-corrected chi connectivity index (χ3v) is 17.3. The van der Waals surface area contributed by atoms with Gasteiger partial charge in [-0.15, -0.1) is 0 Å². The molecule has 4 aliphatic rings. The lowest BCUT2D eigenvalue weighted by Gasteiger charge is -2.54. The summed E-state index contributed by atoms with van der Waals surface area (Å²) in [4.78, 5) is 52.9. The third-order valence-electron chi connectivity index (χ3n) is 17.3. The second-order valence-corrected chi connectivity index (χ2v) is 22.3. The Balaban J connectivity index is 0.791. The Kier molecular flexibility index (Phi) is 20.4. The van der Waals surface area contributed by atoms with Crippen LogP contribution in [0.2, 0.25) is 0 Å². The van der Waals surface area contributed by atoms with E-state index in [1.54, 1.807) is 0 Å². The molecule has 0 saturated heterocycles. The summed E-state index contributed by atoms with van der Waals surface area (Å²) in [5.74, 6) is 1.91. The maximum Gasteiger partial charge on any atom is 0.412 e. The lowest BCUT2D eigenvalue weighted by molar-refractivity contribution is -0.139. The summed E-state index contributed by atoms with van der Waals surface area (Å²) in [7, 11) is 0. The van der Waals surface area contributed by atoms with Crippen molar-refractivity contribution in [3.05, 3.63) is 58.7 Å². The number of rotatable bonds is 27. The molecule has 0 bridgehead atoms. The van der Waals surface area contributed by atoms with Crippen LogP contribution < -0.4 is 36.1 Å². The maximum absolute atomic E-state index is 13.6. The van der Waals surface area contributed by atoms with Crippen LogP contribution in [0.3, 0.4) is 0 Å². The number of carbonyl (C=O) groups is 4. The van der Waals surface area contributed by atoms with Gasteiger partial charge in [-0.25, -0.2) is 4.79 Å². The van der Waals surface area contributed by atoms with Crippen molar-refractivity contribution in [2.45, 2.75) is 200 Å². The molecule has 11 heteroatoms. The average molecular weight is 954 g/mol. The number of nitrogens with one attached hydrogen (secondary N) is 5. The fraction of sp³-hybridized carbons (Fsp3) is 0.724. The largest absolute Gasteiger partial charge is 0.427 e. The van der Waals surface area contributed by atoms with E-state index in [4.69, 9.17) is 9.47 Å². The molecule has 2 aromatic carbocycles. The number of benzene rings is 2. The van der Waals surface area contributed by atoms with Gasteiger partial charge in [0.2, 0.25) is 11.8 Å². The van der Waals surface area contributed by atoms with Crippen molar-refractivity contribution < 1.29 is 28.7 Å². The fourth-order valence-corrected chi connectivity index (χ4v) is 13.3. The molecule has 0 heterocycles. The average Bonchev–Trinajstić information content (AvgIpc) is 3.33. The van der Waals surface area contributed by atoms with E-state index in [2.05, 4.69) is 92.4 Å². The molecule has 11 nitrogen and oxygen atoms in total. The number of carbonyl (C=O) groups excluding carboxylic acids is 4. The minimum Gasteiger partial charge on any atom is -0.427 e. The molecule has 69 heavy (non-hydrogen) atoms. The van der Waals surface area contributed by atoms with Crippen LogP contribution in [0.15, 0.2) is 36.4 Å². The van der Waals surface area contributed by atoms with E-state index in [1.165, 1.54) is 22.3 Å². The summed E-state index contributed by atoms with van der Waals surface area (Å²) in [5, 5.41) is 16.5. The van der Waals surface area contributed by atoms with Crippen molar-refractivity contribution in [1.82, 2.24) is 26.6 Å². The van der Waals surface area contributed by atoms with Gasteiger partial charge in [0.25, 0.3) is 0 Å². The Morgan fingerprint density at radius 2 is 0.971 bits per heavy atom. The molecule has 6 atom stereocenters. The predicted molar refractivity (Wildman–Crippen MR) is 278 cm³/mol. The van der Waals surface area contributed by atoms with E-state index in [0.29, 0.717) is 24.5 Å². The molecular formula is C58H91N5O6. The number of unbranched alkanes of at least 4 members (excludes halogenated alkanes) is 7. The molecule has 6 rings (SSSR count). The monoisotopic (exact) mass is 954 g/mol. The molecule has 0 aromatic heterocycles. The third kappa shape index (κ3) is 13.7. The van der Waals surface area contributed by atoms with Crippen LogP contribution in [0, 0.1) is 22.7 Å². The highest BCUT2D eigenvalue weighted by molar-refractivity contribution is 5.84. The Labute approximate surface area is 416 Å². The van der Waals surface area contributed by atoms with Gasteiger partial charge in [0.1, 0.15) is 11.5 Å². The van der Waals surface area contributed by atoms with Gasteiger partial charge in [0.05, 0.1) is 10.8 Å². The molecule has 2 saturated carbocycles. The summed E-state index contributed by atoms with van der Waals surface area (Å²) in [6.45, 7) is 19.0. The zero-order valence-corrected chi connectivity index (χ0v) is 43.8. The number of amides is 3. The quantitative estimate of drug-likeness (QED) is 0.0338. The van der Waals surface area contributed by atoms with E-state index in [9.17, 15) is 19.2 Å². The van der Waals surface area contributed by atoms with Gasteiger partial charge in [0.15, 0.2) is 0 Å². The maximum atomic E-state index is 13.6. The van der Waals surface area contributed by atoms with E-state index in [0.717, 1.165) is 181 Å². The first-order valence-electron chi connectivity index (χ1n) is 27.7. The summed E-state index contributed by atoms with van der Waals surface area (Å²) >= 11 is 0. The van der Waals surface area contributed by atoms with Crippen molar-refractivity contribution in [2.24, 2.45) is 22.7 Å². The molecule has 2 fully saturated rings. The standard InChI is InChI=1S/C58H91N5O6/c1-7-9-13-38-61-52(65)57(5)32-18-30-55(3)47-41-45(26-22-43(47)24-28-49(55)57)68-51(64)21-17-36-59-34-15-11-12-16-35-60-37-20-40-63-54(67)69-46-27-23-44-25-29-50-56(4,48(44)42-46)31-19-33-58(50,6)53(66)62-39-14-10-8-2/h22-23,26-27,41-42,49-50,59-60H,7-21,24-25,28-40H2,1-6H3,(H,61,65)(H,62,66)(H,63,67)/t49-,50-,55-,56-,57+,58+/m1/s1. The summed E-state index contributed by atoms with van der Waals surface area (Å²) in [6.07, 6.45) is 22.5. The van der Waals surface area contributed by atoms with Crippen molar-refractivity contribution in [3.63, 3.8) is 0 Å². The van der Waals surface area contributed by atoms with Crippen LogP contribution in [0.5, 0.6) is 11.5 Å². The van der Waals surface area contributed by atoms with Crippen LogP contribution in [0.25, 0.3) is 0 Å². The minimum absolute atomic E-state index is 0.119. The Morgan fingerprint density at radius 1 is 0.522 bits per heavy atom. The number of hydrogen-bond acceptors (Lipinski definition) is 8. The molecule has 0 aliphatic heterocycles. The topological polar surface area (TPSA) is 147 Å².